The fourth-order valence-electron chi connectivity index (χ4n) is 13.0. The lowest BCUT2D eigenvalue weighted by molar-refractivity contribution is 1.13. The summed E-state index contributed by atoms with van der Waals surface area (Å²) < 4.78 is 4.96. The molecule has 0 fully saturated rings. The molecule has 14 aromatic rings. The number of fused-ring (bicyclic) bond motifs is 6. The van der Waals surface area contributed by atoms with Crippen LogP contribution in [0.25, 0.3) is 133 Å². The van der Waals surface area contributed by atoms with Crippen LogP contribution in [-0.4, -0.2) is 19.1 Å². The van der Waals surface area contributed by atoms with Gasteiger partial charge in [0, 0.05) is 49.6 Å². The first-order chi connectivity index (χ1) is 39.8. The molecule has 0 aliphatic carbocycles. The Morgan fingerprint density at radius 2 is 0.512 bits per heavy atom. The fourth-order valence-corrected chi connectivity index (χ4v) is 13.0. The van der Waals surface area contributed by atoms with Gasteiger partial charge in [-0.1, -0.05) is 202 Å². The van der Waals surface area contributed by atoms with E-state index in [4.69, 9.17) is 9.97 Å². The van der Waals surface area contributed by atoms with Crippen molar-refractivity contribution in [3.63, 3.8) is 0 Å². The summed E-state index contributed by atoms with van der Waals surface area (Å²) >= 11 is 0. The zero-order valence-corrected chi connectivity index (χ0v) is 47.7. The average molecular weight is 1060 g/mol. The molecule has 0 saturated heterocycles. The van der Waals surface area contributed by atoms with Crippen molar-refractivity contribution in [2.24, 2.45) is 0 Å². The number of rotatable bonds is 9. The highest BCUT2D eigenvalue weighted by molar-refractivity contribution is 6.13. The number of hydrogen-bond donors (Lipinski definition) is 0. The summed E-state index contributed by atoms with van der Waals surface area (Å²) in [5.41, 5.74) is 30.9. The van der Waals surface area contributed by atoms with E-state index in [1.807, 2.05) is 6.07 Å². The second kappa shape index (κ2) is 20.0. The first-order valence-electron chi connectivity index (χ1n) is 28.5. The standard InChI is InChI=1S/C78H62N4/c1-47-27-48(2)32-61(31-47)57-19-23-74-68(41-57)69-42-58(62-33-49(3)28-50(4)34-62)20-24-75(69)81(74)66-39-65(73-46-72(55-15-11-9-12-16-55)79-78(80-73)56-17-13-10-14-18-56)40-67(45-66)82-76-25-21-59(63-35-51(5)29-52(6)36-63)43-70(76)71-44-60(22-26-77(71)82)64-37-53(7)30-54(8)38-64/h9-46H,1-8H3. The molecule has 0 N–H and O–H groups in total. The molecule has 0 amide bonds. The lowest BCUT2D eigenvalue weighted by atomic mass is 9.97. The van der Waals surface area contributed by atoms with E-state index >= 15 is 0 Å². The third-order valence-corrected chi connectivity index (χ3v) is 16.3. The summed E-state index contributed by atoms with van der Waals surface area (Å²) in [6.07, 6.45) is 0. The predicted molar refractivity (Wildman–Crippen MR) is 347 cm³/mol. The lowest BCUT2D eigenvalue weighted by Crippen LogP contribution is -2.02. The van der Waals surface area contributed by atoms with Gasteiger partial charge in [0.05, 0.1) is 33.5 Å². The molecule has 3 heterocycles. The number of benzene rings is 11. The Morgan fingerprint density at radius 3 is 0.829 bits per heavy atom. The molecule has 82 heavy (non-hydrogen) atoms. The van der Waals surface area contributed by atoms with Gasteiger partial charge >= 0.3 is 0 Å². The van der Waals surface area contributed by atoms with E-state index < -0.39 is 0 Å². The van der Waals surface area contributed by atoms with Gasteiger partial charge < -0.3 is 9.13 Å². The largest absolute Gasteiger partial charge is 0.309 e. The van der Waals surface area contributed by atoms with E-state index in [-0.39, 0.29) is 0 Å². The third kappa shape index (κ3) is 9.26. The SMILES string of the molecule is Cc1cc(C)cc(-c2ccc3c(c2)c2cc(-c4cc(C)cc(C)c4)ccc2n3-c2cc(-c3cc(-c4ccccc4)nc(-c4ccccc4)n3)cc(-n3c4ccc(-c5cc(C)cc(C)c5)cc4c4cc(-c5cc(C)cc(C)c5)ccc43)c2)c1. The molecular formula is C78H62N4. The van der Waals surface area contributed by atoms with Crippen LogP contribution < -0.4 is 0 Å². The normalized spacial score (nSPS) is 11.7. The zero-order chi connectivity index (χ0) is 55.9. The van der Waals surface area contributed by atoms with Crippen LogP contribution in [0.4, 0.5) is 0 Å². The minimum atomic E-state index is 0.674. The van der Waals surface area contributed by atoms with Gasteiger partial charge in [-0.2, -0.15) is 0 Å². The first kappa shape index (κ1) is 50.3. The van der Waals surface area contributed by atoms with Gasteiger partial charge in [0.25, 0.3) is 0 Å². The fraction of sp³-hybridized carbons (Fsp3) is 0.103. The smallest absolute Gasteiger partial charge is 0.160 e. The first-order valence-corrected chi connectivity index (χ1v) is 28.5. The Bertz CT molecular complexity index is 4280. The third-order valence-electron chi connectivity index (χ3n) is 16.3. The van der Waals surface area contributed by atoms with Gasteiger partial charge in [-0.3, -0.25) is 0 Å². The molecule has 0 bridgehead atoms. The Labute approximate surface area is 480 Å². The van der Waals surface area contributed by atoms with Crippen molar-refractivity contribution in [2.75, 3.05) is 0 Å². The van der Waals surface area contributed by atoms with Crippen molar-refractivity contribution in [3.05, 3.63) is 275 Å². The summed E-state index contributed by atoms with van der Waals surface area (Å²) in [4.78, 5) is 10.8. The molecule has 4 nitrogen and oxygen atoms in total. The van der Waals surface area contributed by atoms with Crippen LogP contribution in [0, 0.1) is 55.4 Å². The lowest BCUT2D eigenvalue weighted by Gasteiger charge is -2.17. The van der Waals surface area contributed by atoms with Crippen LogP contribution in [0.3, 0.4) is 0 Å². The molecule has 0 saturated carbocycles. The summed E-state index contributed by atoms with van der Waals surface area (Å²) in [5.74, 6) is 0.674. The highest BCUT2D eigenvalue weighted by atomic mass is 15.0. The van der Waals surface area contributed by atoms with Crippen molar-refractivity contribution >= 4 is 43.6 Å². The van der Waals surface area contributed by atoms with Crippen LogP contribution in [0.15, 0.2) is 231 Å². The molecule has 394 valence electrons. The van der Waals surface area contributed by atoms with Gasteiger partial charge in [-0.05, 0) is 173 Å². The molecule has 0 spiro atoms. The van der Waals surface area contributed by atoms with E-state index in [9.17, 15) is 0 Å². The number of hydrogen-bond acceptors (Lipinski definition) is 2. The van der Waals surface area contributed by atoms with Gasteiger partial charge in [0.2, 0.25) is 0 Å². The van der Waals surface area contributed by atoms with Crippen molar-refractivity contribution in [3.8, 4) is 89.8 Å². The zero-order valence-electron chi connectivity index (χ0n) is 47.7. The quantitative estimate of drug-likeness (QED) is 0.144. The van der Waals surface area contributed by atoms with E-state index in [0.29, 0.717) is 5.82 Å². The Kier molecular flexibility index (Phi) is 12.3. The summed E-state index contributed by atoms with van der Waals surface area (Å²) in [6, 6.07) is 85.8. The van der Waals surface area contributed by atoms with Gasteiger partial charge in [0.15, 0.2) is 5.82 Å². The maximum atomic E-state index is 5.50. The molecule has 0 aliphatic heterocycles. The van der Waals surface area contributed by atoms with Crippen LogP contribution >= 0.6 is 0 Å². The molecular weight excluding hydrogens is 993 g/mol. The molecule has 4 heteroatoms. The van der Waals surface area contributed by atoms with Gasteiger partial charge in [-0.15, -0.1) is 0 Å². The summed E-state index contributed by atoms with van der Waals surface area (Å²) in [5, 5.41) is 4.78. The van der Waals surface area contributed by atoms with Crippen molar-refractivity contribution in [1.82, 2.24) is 19.1 Å². The summed E-state index contributed by atoms with van der Waals surface area (Å²) in [7, 11) is 0. The maximum Gasteiger partial charge on any atom is 0.160 e. The van der Waals surface area contributed by atoms with Crippen LogP contribution in [0.5, 0.6) is 0 Å². The Morgan fingerprint density at radius 1 is 0.220 bits per heavy atom. The molecule has 0 unspecified atom stereocenters. The van der Waals surface area contributed by atoms with Gasteiger partial charge in [-0.25, -0.2) is 9.97 Å². The minimum absolute atomic E-state index is 0.674. The van der Waals surface area contributed by atoms with Crippen molar-refractivity contribution < 1.29 is 0 Å². The molecule has 14 rings (SSSR count). The predicted octanol–water partition coefficient (Wildman–Crippen LogP) is 20.8. The topological polar surface area (TPSA) is 35.6 Å². The minimum Gasteiger partial charge on any atom is -0.309 e. The second-order valence-electron chi connectivity index (χ2n) is 23.0. The molecule has 0 aliphatic rings. The molecule has 3 aromatic heterocycles. The summed E-state index contributed by atoms with van der Waals surface area (Å²) in [6.45, 7) is 17.5. The van der Waals surface area contributed by atoms with E-state index in [0.717, 1.165) is 61.5 Å². The highest BCUT2D eigenvalue weighted by Crippen LogP contribution is 2.43. The van der Waals surface area contributed by atoms with Crippen LogP contribution in [0.1, 0.15) is 44.5 Å². The van der Waals surface area contributed by atoms with Crippen molar-refractivity contribution in [1.29, 1.82) is 0 Å². The number of aromatic nitrogens is 4. The van der Waals surface area contributed by atoms with Crippen LogP contribution in [-0.2, 0) is 0 Å². The van der Waals surface area contributed by atoms with Crippen LogP contribution in [0.2, 0.25) is 0 Å². The number of aryl methyl sites for hydroxylation is 8. The Hall–Kier alpha value is -9.90. The molecule has 11 aromatic carbocycles. The Balaban J connectivity index is 1.08. The number of nitrogens with zero attached hydrogens (tertiary/aromatic N) is 4. The van der Waals surface area contributed by atoms with Crippen molar-refractivity contribution in [2.45, 2.75) is 55.4 Å². The molecule has 0 radical (unpaired) electrons. The molecule has 0 atom stereocenters. The maximum absolute atomic E-state index is 5.50. The highest BCUT2D eigenvalue weighted by Gasteiger charge is 2.22. The monoisotopic (exact) mass is 1050 g/mol. The average Bonchev–Trinajstić information content (AvgIpc) is 3.07. The van der Waals surface area contributed by atoms with E-state index in [1.54, 1.807) is 0 Å². The van der Waals surface area contributed by atoms with E-state index in [2.05, 4.69) is 289 Å². The van der Waals surface area contributed by atoms with E-state index in [1.165, 1.54) is 111 Å². The second-order valence-corrected chi connectivity index (χ2v) is 23.0. The van der Waals surface area contributed by atoms with Gasteiger partial charge in [0.1, 0.15) is 0 Å².